The maximum Gasteiger partial charge on any atom is 0.282 e. The lowest BCUT2D eigenvalue weighted by Crippen LogP contribution is -2.27. The van der Waals surface area contributed by atoms with Crippen molar-refractivity contribution in [3.05, 3.63) is 33.9 Å². The van der Waals surface area contributed by atoms with Gasteiger partial charge in [0, 0.05) is 33.7 Å². The zero-order valence-electron chi connectivity index (χ0n) is 10.0. The molecule has 0 unspecified atom stereocenters. The number of benzene rings is 1. The predicted molar refractivity (Wildman–Crippen MR) is 91.6 cm³/mol. The van der Waals surface area contributed by atoms with Crippen LogP contribution in [0.25, 0.3) is 0 Å². The van der Waals surface area contributed by atoms with Crippen molar-refractivity contribution in [3.63, 3.8) is 0 Å². The second-order valence-corrected chi connectivity index (χ2v) is 5.85. The largest absolute Gasteiger partial charge is 0.370 e. The van der Waals surface area contributed by atoms with Crippen LogP contribution in [0.3, 0.4) is 0 Å². The summed E-state index contributed by atoms with van der Waals surface area (Å²) in [4.78, 5) is 23.6. The van der Waals surface area contributed by atoms with E-state index in [1.807, 2.05) is 0 Å². The second-order valence-electron chi connectivity index (χ2n) is 3.69. The maximum absolute atomic E-state index is 11.3. The summed E-state index contributed by atoms with van der Waals surface area (Å²) in [6.45, 7) is 1.64. The van der Waals surface area contributed by atoms with Crippen molar-refractivity contribution in [1.82, 2.24) is 0 Å². The van der Waals surface area contributed by atoms with Crippen LogP contribution in [0, 0.1) is 10.1 Å². The normalized spacial score (nSPS) is 10.2. The van der Waals surface area contributed by atoms with E-state index in [9.17, 15) is 14.9 Å². The molecule has 8 heteroatoms. The van der Waals surface area contributed by atoms with Crippen molar-refractivity contribution >= 4 is 62.5 Å². The molecule has 1 rings (SSSR count). The minimum absolute atomic E-state index is 0.0468. The molecule has 1 aromatic rings. The Hall–Kier alpha value is -0.650. The molecule has 0 saturated heterocycles. The molecule has 0 bridgehead atoms. The summed E-state index contributed by atoms with van der Waals surface area (Å²) in [6, 6.07) is 4.49. The van der Waals surface area contributed by atoms with E-state index in [2.05, 4.69) is 50.1 Å². The molecule has 0 fully saturated rings. The van der Waals surface area contributed by atoms with E-state index in [-0.39, 0.29) is 11.3 Å². The van der Waals surface area contributed by atoms with Gasteiger partial charge in [-0.25, -0.2) is 0 Å². The van der Waals surface area contributed by atoms with Crippen LogP contribution in [0.2, 0.25) is 0 Å². The van der Waals surface area contributed by atoms with Gasteiger partial charge in [0.15, 0.2) is 0 Å². The first-order valence-corrected chi connectivity index (χ1v) is 8.51. The van der Waals surface area contributed by atoms with Gasteiger partial charge in [0.05, 0.1) is 4.92 Å². The van der Waals surface area contributed by atoms with Crippen LogP contribution in [0.4, 0.5) is 11.4 Å². The Kier molecular flexibility index (Phi) is 6.75. The number of halogens is 2. The van der Waals surface area contributed by atoms with Crippen molar-refractivity contribution < 1.29 is 9.72 Å². The molecule has 0 atom stereocenters. The highest BCUT2D eigenvalue weighted by atomic mass is 127. The van der Waals surface area contributed by atoms with Crippen LogP contribution < -0.4 is 10.6 Å². The first-order chi connectivity index (χ1) is 9.01. The highest BCUT2D eigenvalue weighted by molar-refractivity contribution is 14.1. The third kappa shape index (κ3) is 4.44. The molecule has 0 aromatic heterocycles. The molecule has 2 N–H and O–H groups in total. The van der Waals surface area contributed by atoms with Gasteiger partial charge >= 0.3 is 0 Å². The molecule has 1 amide bonds. The van der Waals surface area contributed by atoms with E-state index < -0.39 is 10.8 Å². The van der Waals surface area contributed by atoms with Crippen molar-refractivity contribution in [2.45, 2.75) is 0 Å². The average Bonchev–Trinajstić information content (AvgIpc) is 2.37. The minimum atomic E-state index is -0.780. The first-order valence-electron chi connectivity index (χ1n) is 5.46. The monoisotopic (exact) mass is 489 g/mol. The molecule has 0 aliphatic carbocycles. The molecule has 0 spiro atoms. The van der Waals surface area contributed by atoms with Crippen LogP contribution >= 0.6 is 45.2 Å². The minimum Gasteiger partial charge on any atom is -0.370 e. The lowest BCUT2D eigenvalue weighted by molar-refractivity contribution is -0.385. The molecule has 104 valence electrons. The maximum atomic E-state index is 11.3. The molecule has 0 heterocycles. The predicted octanol–water partition coefficient (Wildman–Crippen LogP) is 2.37. The van der Waals surface area contributed by atoms with Crippen molar-refractivity contribution in [1.29, 1.82) is 0 Å². The lowest BCUT2D eigenvalue weighted by atomic mass is 10.1. The molecular formula is C11H13I2N3O3. The van der Waals surface area contributed by atoms with E-state index in [1.165, 1.54) is 12.1 Å². The molecule has 0 saturated carbocycles. The van der Waals surface area contributed by atoms with Gasteiger partial charge in [-0.1, -0.05) is 45.2 Å². The second kappa shape index (κ2) is 7.82. The van der Waals surface area contributed by atoms with E-state index in [0.29, 0.717) is 0 Å². The molecular weight excluding hydrogens is 476 g/mol. The van der Waals surface area contributed by atoms with Crippen LogP contribution in [-0.2, 0) is 0 Å². The summed E-state index contributed by atoms with van der Waals surface area (Å²) in [5, 5.41) is 10.8. The van der Waals surface area contributed by atoms with Gasteiger partial charge in [0.1, 0.15) is 5.56 Å². The summed E-state index contributed by atoms with van der Waals surface area (Å²) >= 11 is 4.53. The van der Waals surface area contributed by atoms with Gasteiger partial charge in [0.2, 0.25) is 0 Å². The highest BCUT2D eigenvalue weighted by Gasteiger charge is 2.19. The highest BCUT2D eigenvalue weighted by Crippen LogP contribution is 2.25. The number of alkyl halides is 2. The smallest absolute Gasteiger partial charge is 0.282 e. The number of primary amides is 1. The van der Waals surface area contributed by atoms with Crippen molar-refractivity contribution in [3.8, 4) is 0 Å². The van der Waals surface area contributed by atoms with E-state index in [4.69, 9.17) is 5.73 Å². The van der Waals surface area contributed by atoms with Crippen molar-refractivity contribution in [2.24, 2.45) is 5.73 Å². The quantitative estimate of drug-likeness (QED) is 0.276. The molecule has 6 nitrogen and oxygen atoms in total. The van der Waals surface area contributed by atoms with Gasteiger partial charge in [0.25, 0.3) is 11.6 Å². The third-order valence-electron chi connectivity index (χ3n) is 2.52. The van der Waals surface area contributed by atoms with E-state index in [0.717, 1.165) is 27.6 Å². The fourth-order valence-electron chi connectivity index (χ4n) is 1.65. The Morgan fingerprint density at radius 2 is 1.89 bits per heavy atom. The Balaban J connectivity index is 3.19. The third-order valence-corrected chi connectivity index (χ3v) is 3.48. The number of hydrogen-bond donors (Lipinski definition) is 1. The Morgan fingerprint density at radius 3 is 2.32 bits per heavy atom. The van der Waals surface area contributed by atoms with Gasteiger partial charge in [-0.2, -0.15) is 0 Å². The van der Waals surface area contributed by atoms with Crippen LogP contribution in [0.5, 0.6) is 0 Å². The van der Waals surface area contributed by atoms with Crippen LogP contribution in [0.15, 0.2) is 18.2 Å². The van der Waals surface area contributed by atoms with Crippen LogP contribution in [0.1, 0.15) is 10.4 Å². The zero-order chi connectivity index (χ0) is 14.4. The fourth-order valence-corrected chi connectivity index (χ4v) is 2.82. The van der Waals surface area contributed by atoms with E-state index in [1.54, 1.807) is 6.07 Å². The summed E-state index contributed by atoms with van der Waals surface area (Å²) in [5.74, 6) is -0.780. The SMILES string of the molecule is NC(=O)c1cc(N(CCI)CCI)ccc1[N+](=O)[O-]. The van der Waals surface area contributed by atoms with Gasteiger partial charge in [-0.05, 0) is 12.1 Å². The number of nitrogens with zero attached hydrogens (tertiary/aromatic N) is 2. The number of hydrogen-bond acceptors (Lipinski definition) is 4. The number of anilines is 1. The topological polar surface area (TPSA) is 89.5 Å². The number of rotatable bonds is 7. The molecule has 19 heavy (non-hydrogen) atoms. The van der Waals surface area contributed by atoms with Gasteiger partial charge in [-0.3, -0.25) is 14.9 Å². The number of nitro groups is 1. The molecule has 0 radical (unpaired) electrons. The lowest BCUT2D eigenvalue weighted by Gasteiger charge is -2.23. The Morgan fingerprint density at radius 1 is 1.32 bits per heavy atom. The van der Waals surface area contributed by atoms with Crippen molar-refractivity contribution in [2.75, 3.05) is 26.8 Å². The molecule has 0 aliphatic rings. The number of carbonyl (C=O) groups excluding carboxylic acids is 1. The summed E-state index contributed by atoms with van der Waals surface area (Å²) in [5.41, 5.74) is 5.69. The Bertz CT molecular complexity index is 476. The van der Waals surface area contributed by atoms with Crippen LogP contribution in [-0.4, -0.2) is 32.8 Å². The summed E-state index contributed by atoms with van der Waals surface area (Å²) < 4.78 is 1.86. The fraction of sp³-hybridized carbons (Fsp3) is 0.364. The summed E-state index contributed by atoms with van der Waals surface area (Å²) in [7, 11) is 0. The number of amides is 1. The first kappa shape index (κ1) is 16.4. The molecule has 1 aromatic carbocycles. The van der Waals surface area contributed by atoms with E-state index >= 15 is 0 Å². The average molecular weight is 489 g/mol. The number of nitro benzene ring substituents is 1. The summed E-state index contributed by atoms with van der Waals surface area (Å²) in [6.07, 6.45) is 0. The number of carbonyl (C=O) groups is 1. The van der Waals surface area contributed by atoms with Gasteiger partial charge in [-0.15, -0.1) is 0 Å². The Labute approximate surface area is 138 Å². The standard InChI is InChI=1S/C11H13I2N3O3/c12-3-5-15(6-4-13)8-1-2-10(16(18)19)9(7-8)11(14)17/h1-2,7H,3-6H2,(H2,14,17). The number of nitrogens with two attached hydrogens (primary N) is 1. The molecule has 0 aliphatic heterocycles. The zero-order valence-corrected chi connectivity index (χ0v) is 14.3. The van der Waals surface area contributed by atoms with Gasteiger partial charge < -0.3 is 10.6 Å².